The fraction of sp³-hybridized carbons (Fsp3) is 0.529. The highest BCUT2D eigenvalue weighted by Gasteiger charge is 2.28. The van der Waals surface area contributed by atoms with Gasteiger partial charge in [0, 0.05) is 49.9 Å². The van der Waals surface area contributed by atoms with Gasteiger partial charge in [0.25, 0.3) is 0 Å². The van der Waals surface area contributed by atoms with Gasteiger partial charge in [-0.1, -0.05) is 0 Å². The third kappa shape index (κ3) is 3.64. The number of nitrogens with zero attached hydrogens (tertiary/aromatic N) is 5. The molecule has 25 heavy (non-hydrogen) atoms. The molecule has 1 fully saturated rings. The molecule has 1 saturated heterocycles. The summed E-state index contributed by atoms with van der Waals surface area (Å²) in [5.74, 6) is 0.861. The number of aromatic nitrogens is 3. The van der Waals surface area contributed by atoms with E-state index in [1.54, 1.807) is 29.9 Å². The van der Waals surface area contributed by atoms with Crippen LogP contribution in [0.1, 0.15) is 23.4 Å². The van der Waals surface area contributed by atoms with E-state index in [0.717, 1.165) is 55.5 Å². The fourth-order valence-corrected chi connectivity index (χ4v) is 4.53. The molecule has 0 aromatic carbocycles. The summed E-state index contributed by atoms with van der Waals surface area (Å²) in [5.41, 5.74) is 1.14. The minimum atomic E-state index is -0.0423. The van der Waals surface area contributed by atoms with E-state index in [1.165, 1.54) is 4.88 Å². The largest absolute Gasteiger partial charge is 0.355 e. The van der Waals surface area contributed by atoms with E-state index < -0.39 is 0 Å². The number of amides is 1. The standard InChI is InChI=1S/C17H22N6OS/c1-22-8-4-13-14(11-22)25-17(20-13)21-16(24)12-3-2-7-23(10-12)15-9-18-5-6-19-15/h5-6,9,12H,2-4,7-8,10-11H2,1H3,(H,20,21,24)/t12-/m1/s1. The Morgan fingerprint density at radius 1 is 1.36 bits per heavy atom. The van der Waals surface area contributed by atoms with Gasteiger partial charge in [-0.15, -0.1) is 11.3 Å². The first-order valence-corrected chi connectivity index (χ1v) is 9.49. The van der Waals surface area contributed by atoms with Gasteiger partial charge in [0.2, 0.25) is 5.91 Å². The molecule has 1 atom stereocenters. The van der Waals surface area contributed by atoms with Crippen molar-refractivity contribution in [2.75, 3.05) is 36.9 Å². The molecular weight excluding hydrogens is 336 g/mol. The molecule has 4 heterocycles. The first kappa shape index (κ1) is 16.4. The molecule has 7 nitrogen and oxygen atoms in total. The van der Waals surface area contributed by atoms with E-state index in [-0.39, 0.29) is 11.8 Å². The van der Waals surface area contributed by atoms with Crippen molar-refractivity contribution in [1.29, 1.82) is 0 Å². The quantitative estimate of drug-likeness (QED) is 0.901. The second-order valence-electron chi connectivity index (χ2n) is 6.71. The van der Waals surface area contributed by atoms with Gasteiger partial charge in [-0.2, -0.15) is 0 Å². The summed E-state index contributed by atoms with van der Waals surface area (Å²) in [6.07, 6.45) is 7.95. The van der Waals surface area contributed by atoms with Crippen molar-refractivity contribution in [2.45, 2.75) is 25.8 Å². The molecule has 8 heteroatoms. The van der Waals surface area contributed by atoms with Crippen LogP contribution >= 0.6 is 11.3 Å². The maximum Gasteiger partial charge on any atom is 0.231 e. The SMILES string of the molecule is CN1CCc2nc(NC(=O)[C@@H]3CCCN(c4cnccn4)C3)sc2C1. The van der Waals surface area contributed by atoms with Crippen LogP contribution in [-0.2, 0) is 17.8 Å². The average Bonchev–Trinajstić information content (AvgIpc) is 3.04. The van der Waals surface area contributed by atoms with Gasteiger partial charge < -0.3 is 15.1 Å². The minimum absolute atomic E-state index is 0.0423. The third-order valence-electron chi connectivity index (χ3n) is 4.82. The van der Waals surface area contributed by atoms with E-state index in [1.807, 2.05) is 0 Å². The number of carbonyl (C=O) groups excluding carboxylic acids is 1. The summed E-state index contributed by atoms with van der Waals surface area (Å²) in [4.78, 5) is 31.5. The number of rotatable bonds is 3. The Hall–Kier alpha value is -2.06. The number of carbonyl (C=O) groups is 1. The first-order chi connectivity index (χ1) is 12.2. The van der Waals surface area contributed by atoms with Crippen molar-refractivity contribution in [3.8, 4) is 0 Å². The zero-order valence-corrected chi connectivity index (χ0v) is 15.1. The minimum Gasteiger partial charge on any atom is -0.355 e. The van der Waals surface area contributed by atoms with Crippen molar-refractivity contribution in [1.82, 2.24) is 19.9 Å². The normalized spacial score (nSPS) is 21.0. The maximum absolute atomic E-state index is 12.7. The topological polar surface area (TPSA) is 74.2 Å². The molecular formula is C17H22N6OS. The number of thiazole rings is 1. The Morgan fingerprint density at radius 2 is 2.28 bits per heavy atom. The fourth-order valence-electron chi connectivity index (χ4n) is 3.44. The van der Waals surface area contributed by atoms with Crippen molar-refractivity contribution in [2.24, 2.45) is 5.92 Å². The Morgan fingerprint density at radius 3 is 3.12 bits per heavy atom. The van der Waals surface area contributed by atoms with Crippen molar-refractivity contribution in [3.05, 3.63) is 29.2 Å². The third-order valence-corrected chi connectivity index (χ3v) is 5.82. The van der Waals surface area contributed by atoms with Gasteiger partial charge in [-0.3, -0.25) is 9.78 Å². The summed E-state index contributed by atoms with van der Waals surface area (Å²) in [6, 6.07) is 0. The highest BCUT2D eigenvalue weighted by atomic mass is 32.1. The number of piperidine rings is 1. The molecule has 2 aliphatic rings. The zero-order valence-electron chi connectivity index (χ0n) is 14.3. The van der Waals surface area contributed by atoms with Crippen LogP contribution in [0.25, 0.3) is 0 Å². The molecule has 4 rings (SSSR count). The van der Waals surface area contributed by atoms with Crippen LogP contribution in [0.3, 0.4) is 0 Å². The highest BCUT2D eigenvalue weighted by Crippen LogP contribution is 2.29. The molecule has 132 valence electrons. The summed E-state index contributed by atoms with van der Waals surface area (Å²) in [6.45, 7) is 3.55. The smallest absolute Gasteiger partial charge is 0.231 e. The Balaban J connectivity index is 1.41. The van der Waals surface area contributed by atoms with Crippen LogP contribution < -0.4 is 10.2 Å². The molecule has 1 amide bonds. The number of nitrogens with one attached hydrogen (secondary N) is 1. The molecule has 0 bridgehead atoms. The molecule has 0 aliphatic carbocycles. The second kappa shape index (κ2) is 7.05. The van der Waals surface area contributed by atoms with E-state index in [0.29, 0.717) is 6.54 Å². The Bertz CT molecular complexity index is 749. The molecule has 2 aromatic rings. The maximum atomic E-state index is 12.7. The molecule has 1 N–H and O–H groups in total. The summed E-state index contributed by atoms with van der Waals surface area (Å²) >= 11 is 1.61. The molecule has 2 aromatic heterocycles. The first-order valence-electron chi connectivity index (χ1n) is 8.68. The summed E-state index contributed by atoms with van der Waals surface area (Å²) < 4.78 is 0. The number of anilines is 2. The molecule has 0 saturated carbocycles. The lowest BCUT2D eigenvalue weighted by molar-refractivity contribution is -0.120. The molecule has 0 unspecified atom stereocenters. The monoisotopic (exact) mass is 358 g/mol. The van der Waals surface area contributed by atoms with Crippen LogP contribution in [0, 0.1) is 5.92 Å². The van der Waals surface area contributed by atoms with Gasteiger partial charge in [-0.25, -0.2) is 9.97 Å². The van der Waals surface area contributed by atoms with Gasteiger partial charge in [0.05, 0.1) is 17.8 Å². The van der Waals surface area contributed by atoms with Crippen LogP contribution in [0.4, 0.5) is 10.9 Å². The lowest BCUT2D eigenvalue weighted by Gasteiger charge is -2.32. The van der Waals surface area contributed by atoms with E-state index in [4.69, 9.17) is 0 Å². The van der Waals surface area contributed by atoms with E-state index >= 15 is 0 Å². The second-order valence-corrected chi connectivity index (χ2v) is 7.80. The van der Waals surface area contributed by atoms with Crippen LogP contribution in [-0.4, -0.2) is 52.4 Å². The van der Waals surface area contributed by atoms with Crippen LogP contribution in [0.5, 0.6) is 0 Å². The number of fused-ring (bicyclic) bond motifs is 1. The van der Waals surface area contributed by atoms with Crippen molar-refractivity contribution < 1.29 is 4.79 Å². The lowest BCUT2D eigenvalue weighted by atomic mass is 9.97. The summed E-state index contributed by atoms with van der Waals surface area (Å²) in [5, 5.41) is 3.78. The van der Waals surface area contributed by atoms with E-state index in [2.05, 4.69) is 37.1 Å². The number of likely N-dealkylation sites (N-methyl/N-ethyl adjacent to an activating group) is 1. The highest BCUT2D eigenvalue weighted by molar-refractivity contribution is 7.15. The summed E-state index contributed by atoms with van der Waals surface area (Å²) in [7, 11) is 2.12. The Labute approximate surface area is 151 Å². The van der Waals surface area contributed by atoms with Crippen LogP contribution in [0.15, 0.2) is 18.6 Å². The number of hydrogen-bond donors (Lipinski definition) is 1. The molecule has 0 radical (unpaired) electrons. The van der Waals surface area contributed by atoms with Crippen LogP contribution in [0.2, 0.25) is 0 Å². The predicted octanol–water partition coefficient (Wildman–Crippen LogP) is 1.78. The molecule has 0 spiro atoms. The predicted molar refractivity (Wildman–Crippen MR) is 97.8 cm³/mol. The number of hydrogen-bond acceptors (Lipinski definition) is 7. The Kier molecular flexibility index (Phi) is 4.63. The zero-order chi connectivity index (χ0) is 17.2. The van der Waals surface area contributed by atoms with Gasteiger partial charge in [-0.05, 0) is 19.9 Å². The average molecular weight is 358 g/mol. The molecule has 2 aliphatic heterocycles. The van der Waals surface area contributed by atoms with Gasteiger partial charge >= 0.3 is 0 Å². The van der Waals surface area contributed by atoms with Gasteiger partial charge in [0.15, 0.2) is 5.13 Å². The van der Waals surface area contributed by atoms with Crippen molar-refractivity contribution in [3.63, 3.8) is 0 Å². The van der Waals surface area contributed by atoms with Crippen molar-refractivity contribution >= 4 is 28.2 Å². The van der Waals surface area contributed by atoms with Gasteiger partial charge in [0.1, 0.15) is 5.82 Å². The van der Waals surface area contributed by atoms with E-state index in [9.17, 15) is 4.79 Å². The lowest BCUT2D eigenvalue weighted by Crippen LogP contribution is -2.41.